The Morgan fingerprint density at radius 1 is 1.46 bits per heavy atom. The van der Waals surface area contributed by atoms with Crippen LogP contribution in [-0.2, 0) is 4.79 Å². The lowest BCUT2D eigenvalue weighted by Gasteiger charge is -2.08. The standard InChI is InChI=1S/C9H15NOS2/c1-2-6-5-7(6)10-8(11)9-12-3-4-13-9/h6-7,9H,2-5H2,1H3,(H,10,11)/t6-,7-/m1/s1. The summed E-state index contributed by atoms with van der Waals surface area (Å²) in [5.74, 6) is 3.28. The molecule has 2 nitrogen and oxygen atoms in total. The van der Waals surface area contributed by atoms with Crippen LogP contribution < -0.4 is 5.32 Å². The molecule has 1 aliphatic heterocycles. The van der Waals surface area contributed by atoms with Gasteiger partial charge in [0.2, 0.25) is 5.91 Å². The van der Waals surface area contributed by atoms with E-state index in [1.165, 1.54) is 12.8 Å². The van der Waals surface area contributed by atoms with Gasteiger partial charge in [-0.2, -0.15) is 0 Å². The minimum Gasteiger partial charge on any atom is -0.351 e. The van der Waals surface area contributed by atoms with Crippen LogP contribution in [0.25, 0.3) is 0 Å². The number of amides is 1. The van der Waals surface area contributed by atoms with Crippen molar-refractivity contribution in [2.24, 2.45) is 5.92 Å². The zero-order valence-electron chi connectivity index (χ0n) is 7.79. The van der Waals surface area contributed by atoms with Gasteiger partial charge in [-0.3, -0.25) is 4.79 Å². The van der Waals surface area contributed by atoms with Crippen LogP contribution in [0.2, 0.25) is 0 Å². The molecule has 1 saturated heterocycles. The fourth-order valence-corrected chi connectivity index (χ4v) is 4.24. The number of rotatable bonds is 3. The Kier molecular flexibility index (Phi) is 3.09. The molecule has 0 radical (unpaired) electrons. The molecule has 2 fully saturated rings. The Balaban J connectivity index is 1.72. The summed E-state index contributed by atoms with van der Waals surface area (Å²) >= 11 is 3.56. The number of nitrogens with one attached hydrogen (secondary N) is 1. The van der Waals surface area contributed by atoms with Gasteiger partial charge < -0.3 is 5.32 Å². The van der Waals surface area contributed by atoms with E-state index in [0.717, 1.165) is 17.4 Å². The van der Waals surface area contributed by atoms with Crippen LogP contribution in [0.15, 0.2) is 0 Å². The van der Waals surface area contributed by atoms with Crippen LogP contribution >= 0.6 is 23.5 Å². The van der Waals surface area contributed by atoms with Gasteiger partial charge in [-0.05, 0) is 12.3 Å². The van der Waals surface area contributed by atoms with Crippen LogP contribution in [0.5, 0.6) is 0 Å². The summed E-state index contributed by atoms with van der Waals surface area (Å²) in [5.41, 5.74) is 0. The molecule has 2 atom stereocenters. The zero-order chi connectivity index (χ0) is 9.26. The highest BCUT2D eigenvalue weighted by molar-refractivity contribution is 8.21. The van der Waals surface area contributed by atoms with E-state index in [9.17, 15) is 4.79 Å². The first-order valence-electron chi connectivity index (χ1n) is 4.85. The van der Waals surface area contributed by atoms with Crippen LogP contribution in [0.3, 0.4) is 0 Å². The molecule has 2 rings (SSSR count). The highest BCUT2D eigenvalue weighted by Crippen LogP contribution is 2.36. The summed E-state index contributed by atoms with van der Waals surface area (Å²) in [4.78, 5) is 11.6. The number of hydrogen-bond donors (Lipinski definition) is 1. The van der Waals surface area contributed by atoms with Gasteiger partial charge in [0.05, 0.1) is 0 Å². The zero-order valence-corrected chi connectivity index (χ0v) is 9.42. The lowest BCUT2D eigenvalue weighted by Crippen LogP contribution is -2.32. The molecule has 13 heavy (non-hydrogen) atoms. The van der Waals surface area contributed by atoms with Gasteiger partial charge in [0.25, 0.3) is 0 Å². The van der Waals surface area contributed by atoms with Crippen LogP contribution in [-0.4, -0.2) is 28.0 Å². The summed E-state index contributed by atoms with van der Waals surface area (Å²) in [6, 6.07) is 0.499. The summed E-state index contributed by atoms with van der Waals surface area (Å²) in [6.07, 6.45) is 2.40. The molecule has 1 aliphatic carbocycles. The molecule has 74 valence electrons. The first-order valence-corrected chi connectivity index (χ1v) is 6.94. The number of carbonyl (C=O) groups excluding carboxylic acids is 1. The second-order valence-electron chi connectivity index (χ2n) is 3.59. The van der Waals surface area contributed by atoms with Crippen molar-refractivity contribution >= 4 is 29.4 Å². The van der Waals surface area contributed by atoms with E-state index in [2.05, 4.69) is 12.2 Å². The molecule has 1 heterocycles. The predicted molar refractivity (Wildman–Crippen MR) is 59.0 cm³/mol. The first-order chi connectivity index (χ1) is 6.31. The topological polar surface area (TPSA) is 29.1 Å². The lowest BCUT2D eigenvalue weighted by atomic mass is 10.3. The quantitative estimate of drug-likeness (QED) is 0.780. The normalized spacial score (nSPS) is 33.3. The van der Waals surface area contributed by atoms with Crippen LogP contribution in [0, 0.1) is 5.92 Å². The number of thioether (sulfide) groups is 2. The molecule has 0 unspecified atom stereocenters. The summed E-state index contributed by atoms with van der Waals surface area (Å²) < 4.78 is 0.179. The minimum absolute atomic E-state index is 0.179. The summed E-state index contributed by atoms with van der Waals surface area (Å²) in [7, 11) is 0. The van der Waals surface area contributed by atoms with Crippen LogP contribution in [0.1, 0.15) is 19.8 Å². The van der Waals surface area contributed by atoms with Gasteiger partial charge in [0, 0.05) is 17.5 Å². The molecule has 0 aromatic carbocycles. The lowest BCUT2D eigenvalue weighted by molar-refractivity contribution is -0.119. The molecule has 1 amide bonds. The summed E-state index contributed by atoms with van der Waals surface area (Å²) in [6.45, 7) is 2.19. The maximum absolute atomic E-state index is 11.6. The molecule has 0 aromatic rings. The van der Waals surface area contributed by atoms with Crippen molar-refractivity contribution in [1.29, 1.82) is 0 Å². The van der Waals surface area contributed by atoms with Gasteiger partial charge in [0.15, 0.2) is 0 Å². The first kappa shape index (κ1) is 9.71. The monoisotopic (exact) mass is 217 g/mol. The minimum atomic E-state index is 0.179. The Labute approximate surface area is 87.6 Å². The van der Waals surface area contributed by atoms with E-state index in [-0.39, 0.29) is 10.5 Å². The van der Waals surface area contributed by atoms with E-state index in [1.807, 2.05) is 0 Å². The van der Waals surface area contributed by atoms with Gasteiger partial charge in [-0.25, -0.2) is 0 Å². The highest BCUT2D eigenvalue weighted by atomic mass is 32.2. The van der Waals surface area contributed by atoms with Gasteiger partial charge in [-0.1, -0.05) is 13.3 Å². The Hall–Kier alpha value is 0.170. The fourth-order valence-electron chi connectivity index (χ4n) is 1.64. The Morgan fingerprint density at radius 2 is 2.15 bits per heavy atom. The third kappa shape index (κ3) is 2.34. The fraction of sp³-hybridized carbons (Fsp3) is 0.889. The molecule has 0 spiro atoms. The average Bonchev–Trinajstić information content (AvgIpc) is 2.68. The Morgan fingerprint density at radius 3 is 2.69 bits per heavy atom. The molecule has 1 N–H and O–H groups in total. The third-order valence-corrected chi connectivity index (χ3v) is 5.60. The van der Waals surface area contributed by atoms with E-state index < -0.39 is 0 Å². The third-order valence-electron chi connectivity index (χ3n) is 2.61. The van der Waals surface area contributed by atoms with Gasteiger partial charge in [0.1, 0.15) is 4.58 Å². The van der Waals surface area contributed by atoms with E-state index in [1.54, 1.807) is 23.5 Å². The average molecular weight is 217 g/mol. The largest absolute Gasteiger partial charge is 0.351 e. The van der Waals surface area contributed by atoms with Crippen molar-refractivity contribution in [3.63, 3.8) is 0 Å². The molecule has 4 heteroatoms. The molecule has 0 bridgehead atoms. The van der Waals surface area contributed by atoms with E-state index in [0.29, 0.717) is 6.04 Å². The maximum atomic E-state index is 11.6. The highest BCUT2D eigenvalue weighted by Gasteiger charge is 2.38. The second-order valence-corrected chi connectivity index (χ2v) is 6.32. The van der Waals surface area contributed by atoms with Gasteiger partial charge >= 0.3 is 0 Å². The molecular weight excluding hydrogens is 202 g/mol. The van der Waals surface area contributed by atoms with Crippen molar-refractivity contribution in [3.05, 3.63) is 0 Å². The number of hydrogen-bond acceptors (Lipinski definition) is 3. The Bertz CT molecular complexity index is 204. The second kappa shape index (κ2) is 4.13. The van der Waals surface area contributed by atoms with Crippen molar-refractivity contribution in [1.82, 2.24) is 5.32 Å². The maximum Gasteiger partial charge on any atom is 0.243 e. The SMILES string of the molecule is CC[C@@H]1C[C@H]1NC(=O)C1SCCS1. The van der Waals surface area contributed by atoms with Crippen molar-refractivity contribution < 1.29 is 4.79 Å². The molecule has 1 saturated carbocycles. The van der Waals surface area contributed by atoms with E-state index >= 15 is 0 Å². The smallest absolute Gasteiger partial charge is 0.243 e. The molecule has 2 aliphatic rings. The van der Waals surface area contributed by atoms with Crippen molar-refractivity contribution in [3.8, 4) is 0 Å². The predicted octanol–water partition coefficient (Wildman–Crippen LogP) is 1.71. The van der Waals surface area contributed by atoms with Crippen molar-refractivity contribution in [2.75, 3.05) is 11.5 Å². The number of carbonyl (C=O) groups is 1. The molecular formula is C9H15NOS2. The van der Waals surface area contributed by atoms with Crippen LogP contribution in [0.4, 0.5) is 0 Å². The van der Waals surface area contributed by atoms with E-state index in [4.69, 9.17) is 0 Å². The molecule has 0 aromatic heterocycles. The summed E-state index contributed by atoms with van der Waals surface area (Å²) in [5, 5.41) is 3.12. The van der Waals surface area contributed by atoms with Gasteiger partial charge in [-0.15, -0.1) is 23.5 Å². The van der Waals surface area contributed by atoms with Crippen molar-refractivity contribution in [2.45, 2.75) is 30.4 Å².